The molecule has 0 saturated carbocycles. The highest BCUT2D eigenvalue weighted by Crippen LogP contribution is 2.10. The molecule has 0 bridgehead atoms. The van der Waals surface area contributed by atoms with Crippen LogP contribution in [0.4, 0.5) is 4.79 Å². The molecule has 1 saturated heterocycles. The zero-order valence-electron chi connectivity index (χ0n) is 20.2. The number of likely N-dealkylation sites (N-methyl/N-ethyl adjacent to an activating group) is 1. The van der Waals surface area contributed by atoms with Crippen LogP contribution in [0.2, 0.25) is 0 Å². The van der Waals surface area contributed by atoms with Crippen LogP contribution >= 0.6 is 24.0 Å². The summed E-state index contributed by atoms with van der Waals surface area (Å²) in [6.45, 7) is 15.5. The van der Waals surface area contributed by atoms with Crippen molar-refractivity contribution in [1.29, 1.82) is 0 Å². The molecule has 0 spiro atoms. The van der Waals surface area contributed by atoms with Crippen LogP contribution in [0.5, 0.6) is 0 Å². The lowest BCUT2D eigenvalue weighted by molar-refractivity contribution is 0.0529. The van der Waals surface area contributed by atoms with Crippen molar-refractivity contribution in [2.24, 2.45) is 4.99 Å². The van der Waals surface area contributed by atoms with E-state index >= 15 is 0 Å². The quantitative estimate of drug-likeness (QED) is 0.196. The van der Waals surface area contributed by atoms with Crippen LogP contribution in [0.25, 0.3) is 0 Å². The fourth-order valence-corrected chi connectivity index (χ4v) is 3.19. The number of hydrogen-bond acceptors (Lipinski definition) is 5. The maximum Gasteiger partial charge on any atom is 0.407 e. The Bertz CT molecular complexity index is 697. The Labute approximate surface area is 210 Å². The van der Waals surface area contributed by atoms with Gasteiger partial charge in [-0.05, 0) is 45.9 Å². The second-order valence-corrected chi connectivity index (χ2v) is 8.95. The van der Waals surface area contributed by atoms with E-state index in [-0.39, 0.29) is 24.0 Å². The minimum atomic E-state index is -0.492. The Hall–Kier alpha value is -1.59. The number of rotatable bonds is 8. The second-order valence-electron chi connectivity index (χ2n) is 8.95. The van der Waals surface area contributed by atoms with E-state index in [1.54, 1.807) is 0 Å². The van der Waals surface area contributed by atoms with Crippen molar-refractivity contribution >= 4 is 36.0 Å². The summed E-state index contributed by atoms with van der Waals surface area (Å²) >= 11 is 0. The van der Waals surface area contributed by atoms with E-state index in [4.69, 9.17) is 4.74 Å². The van der Waals surface area contributed by atoms with Gasteiger partial charge in [0.1, 0.15) is 5.60 Å². The average molecular weight is 561 g/mol. The van der Waals surface area contributed by atoms with Gasteiger partial charge in [0.15, 0.2) is 5.96 Å². The molecule has 1 aromatic rings. The molecular weight excluding hydrogens is 519 g/mol. The molecule has 0 aromatic heterocycles. The Kier molecular flexibility index (Phi) is 12.9. The molecule has 2 rings (SSSR count). The number of amides is 1. The van der Waals surface area contributed by atoms with Gasteiger partial charge in [0, 0.05) is 52.4 Å². The molecule has 182 valence electrons. The maximum absolute atomic E-state index is 11.7. The molecule has 1 amide bonds. The van der Waals surface area contributed by atoms with Gasteiger partial charge in [-0.15, -0.1) is 24.0 Å². The van der Waals surface area contributed by atoms with E-state index in [0.717, 1.165) is 45.2 Å². The number of aliphatic imine (C=N–C) groups is 1. The van der Waals surface area contributed by atoms with Crippen LogP contribution in [0.1, 0.15) is 38.8 Å². The first-order valence-electron chi connectivity index (χ1n) is 11.2. The number of carbonyl (C=O) groups excluding carboxylic acids is 1. The standard InChI is InChI=1S/C23H40N6O2.HI/c1-6-24-21(25-11-12-26-22(30)31-23(2,3)4)27-17-19-7-9-20(10-8-19)18-29-15-13-28(5)14-16-29;/h7-10H,6,11-18H2,1-5H3,(H,26,30)(H2,24,25,27);1H. The van der Waals surface area contributed by atoms with Crippen LogP contribution in [-0.2, 0) is 17.8 Å². The van der Waals surface area contributed by atoms with Crippen LogP contribution in [0, 0.1) is 0 Å². The maximum atomic E-state index is 11.7. The molecule has 0 unspecified atom stereocenters. The first-order chi connectivity index (χ1) is 14.7. The lowest BCUT2D eigenvalue weighted by Gasteiger charge is -2.32. The second kappa shape index (κ2) is 14.5. The predicted molar refractivity (Wildman–Crippen MR) is 142 cm³/mol. The van der Waals surface area contributed by atoms with Gasteiger partial charge in [-0.1, -0.05) is 24.3 Å². The van der Waals surface area contributed by atoms with Gasteiger partial charge < -0.3 is 25.6 Å². The number of nitrogens with zero attached hydrogens (tertiary/aromatic N) is 3. The van der Waals surface area contributed by atoms with Crippen molar-refractivity contribution in [2.45, 2.75) is 46.4 Å². The molecule has 1 aromatic carbocycles. The van der Waals surface area contributed by atoms with Crippen molar-refractivity contribution < 1.29 is 9.53 Å². The number of hydrogen-bond donors (Lipinski definition) is 3. The lowest BCUT2D eigenvalue weighted by atomic mass is 10.1. The van der Waals surface area contributed by atoms with Gasteiger partial charge >= 0.3 is 6.09 Å². The van der Waals surface area contributed by atoms with E-state index in [2.05, 4.69) is 62.1 Å². The number of alkyl carbamates (subject to hydrolysis) is 1. The van der Waals surface area contributed by atoms with Crippen molar-refractivity contribution in [3.8, 4) is 0 Å². The summed E-state index contributed by atoms with van der Waals surface area (Å²) in [5.41, 5.74) is 2.02. The van der Waals surface area contributed by atoms with E-state index in [9.17, 15) is 4.79 Å². The number of benzene rings is 1. The third-order valence-electron chi connectivity index (χ3n) is 4.87. The largest absolute Gasteiger partial charge is 0.444 e. The van der Waals surface area contributed by atoms with Crippen LogP contribution in [-0.4, -0.2) is 80.3 Å². The van der Waals surface area contributed by atoms with E-state index < -0.39 is 11.7 Å². The van der Waals surface area contributed by atoms with Gasteiger partial charge in [-0.25, -0.2) is 9.79 Å². The number of ether oxygens (including phenoxy) is 1. The summed E-state index contributed by atoms with van der Waals surface area (Å²) < 4.78 is 5.23. The topological polar surface area (TPSA) is 81.2 Å². The normalized spacial score (nSPS) is 15.6. The molecule has 0 radical (unpaired) electrons. The first kappa shape index (κ1) is 28.4. The minimum Gasteiger partial charge on any atom is -0.444 e. The summed E-state index contributed by atoms with van der Waals surface area (Å²) in [7, 11) is 2.18. The lowest BCUT2D eigenvalue weighted by Crippen LogP contribution is -2.43. The van der Waals surface area contributed by atoms with Crippen molar-refractivity contribution in [3.63, 3.8) is 0 Å². The molecule has 3 N–H and O–H groups in total. The monoisotopic (exact) mass is 560 g/mol. The number of nitrogens with one attached hydrogen (secondary N) is 3. The molecule has 32 heavy (non-hydrogen) atoms. The first-order valence-corrected chi connectivity index (χ1v) is 11.2. The Balaban J connectivity index is 0.00000512. The molecule has 1 fully saturated rings. The van der Waals surface area contributed by atoms with Gasteiger partial charge in [0.25, 0.3) is 0 Å². The Morgan fingerprint density at radius 2 is 1.59 bits per heavy atom. The highest BCUT2D eigenvalue weighted by molar-refractivity contribution is 14.0. The van der Waals surface area contributed by atoms with Crippen LogP contribution < -0.4 is 16.0 Å². The molecular formula is C23H41IN6O2. The summed E-state index contributed by atoms with van der Waals surface area (Å²) in [5.74, 6) is 0.731. The number of guanidine groups is 1. The summed E-state index contributed by atoms with van der Waals surface area (Å²) in [6.07, 6.45) is -0.409. The van der Waals surface area contributed by atoms with Crippen molar-refractivity contribution in [3.05, 3.63) is 35.4 Å². The highest BCUT2D eigenvalue weighted by Gasteiger charge is 2.15. The molecule has 0 atom stereocenters. The van der Waals surface area contributed by atoms with E-state index in [1.807, 2.05) is 27.7 Å². The SMILES string of the molecule is CCNC(=NCc1ccc(CN2CCN(C)CC2)cc1)NCCNC(=O)OC(C)(C)C.I. The molecule has 0 aliphatic carbocycles. The van der Waals surface area contributed by atoms with Crippen molar-refractivity contribution in [2.75, 3.05) is 52.9 Å². The summed E-state index contributed by atoms with van der Waals surface area (Å²) in [5, 5.41) is 9.21. The molecule has 9 heteroatoms. The summed E-state index contributed by atoms with van der Waals surface area (Å²) in [6, 6.07) is 8.72. The fraction of sp³-hybridized carbons (Fsp3) is 0.652. The van der Waals surface area contributed by atoms with Crippen LogP contribution in [0.15, 0.2) is 29.3 Å². The number of piperazine rings is 1. The predicted octanol–water partition coefficient (Wildman–Crippen LogP) is 2.63. The zero-order chi connectivity index (χ0) is 22.7. The van der Waals surface area contributed by atoms with Crippen LogP contribution in [0.3, 0.4) is 0 Å². The molecule has 1 aliphatic heterocycles. The molecule has 8 nitrogen and oxygen atoms in total. The zero-order valence-corrected chi connectivity index (χ0v) is 22.6. The van der Waals surface area contributed by atoms with E-state index in [1.165, 1.54) is 11.1 Å². The Morgan fingerprint density at radius 1 is 1.00 bits per heavy atom. The minimum absolute atomic E-state index is 0. The van der Waals surface area contributed by atoms with E-state index in [0.29, 0.717) is 19.6 Å². The smallest absolute Gasteiger partial charge is 0.407 e. The third-order valence-corrected chi connectivity index (χ3v) is 4.87. The highest BCUT2D eigenvalue weighted by atomic mass is 127. The summed E-state index contributed by atoms with van der Waals surface area (Å²) in [4.78, 5) is 21.2. The van der Waals surface area contributed by atoms with Gasteiger partial charge in [-0.3, -0.25) is 4.90 Å². The Morgan fingerprint density at radius 3 is 2.19 bits per heavy atom. The van der Waals surface area contributed by atoms with Gasteiger partial charge in [0.2, 0.25) is 0 Å². The average Bonchev–Trinajstić information content (AvgIpc) is 2.71. The van der Waals surface area contributed by atoms with Gasteiger partial charge in [-0.2, -0.15) is 0 Å². The molecule has 1 heterocycles. The van der Waals surface area contributed by atoms with Crippen molar-refractivity contribution in [1.82, 2.24) is 25.8 Å². The number of carbonyl (C=O) groups is 1. The third kappa shape index (κ3) is 11.9. The van der Waals surface area contributed by atoms with Gasteiger partial charge in [0.05, 0.1) is 6.54 Å². The molecule has 1 aliphatic rings. The fourth-order valence-electron chi connectivity index (χ4n) is 3.19. The number of halogens is 1.